The number of hydrogen-bond donors (Lipinski definition) is 1. The number of carbonyl (C=O) groups is 2. The first-order valence-electron chi connectivity index (χ1n) is 11.1. The predicted octanol–water partition coefficient (Wildman–Crippen LogP) is 5.02. The number of anilines is 1. The highest BCUT2D eigenvalue weighted by Crippen LogP contribution is 2.39. The quantitative estimate of drug-likeness (QED) is 0.624. The molecule has 1 aliphatic heterocycles. The molecule has 2 aliphatic rings. The molecule has 2 aromatic heterocycles. The van der Waals surface area contributed by atoms with Crippen LogP contribution in [0.5, 0.6) is 0 Å². The van der Waals surface area contributed by atoms with Crippen LogP contribution in [0.4, 0.5) is 5.00 Å². The fraction of sp³-hybridized carbons (Fsp3) is 0.565. The molecule has 1 fully saturated rings. The molecule has 0 radical (unpaired) electrons. The van der Waals surface area contributed by atoms with Gasteiger partial charge in [0.1, 0.15) is 10.8 Å². The van der Waals surface area contributed by atoms with Gasteiger partial charge < -0.3 is 14.5 Å². The molecule has 30 heavy (non-hydrogen) atoms. The lowest BCUT2D eigenvalue weighted by atomic mass is 9.95. The number of fused-ring (bicyclic) bond motifs is 1. The lowest BCUT2D eigenvalue weighted by Gasteiger charge is -2.25. The van der Waals surface area contributed by atoms with Gasteiger partial charge in [-0.2, -0.15) is 0 Å². The maximum absolute atomic E-state index is 12.9. The van der Waals surface area contributed by atoms with E-state index in [0.717, 1.165) is 63.1 Å². The van der Waals surface area contributed by atoms with Gasteiger partial charge in [0.25, 0.3) is 5.91 Å². The Morgan fingerprint density at radius 1 is 1.13 bits per heavy atom. The smallest absolute Gasteiger partial charge is 0.341 e. The molecule has 0 spiro atoms. The molecule has 0 atom stereocenters. The number of ether oxygens (including phenoxy) is 1. The summed E-state index contributed by atoms with van der Waals surface area (Å²) in [5.41, 5.74) is 1.59. The van der Waals surface area contributed by atoms with Crippen molar-refractivity contribution in [1.29, 1.82) is 0 Å². The van der Waals surface area contributed by atoms with Crippen molar-refractivity contribution < 1.29 is 18.7 Å². The van der Waals surface area contributed by atoms with E-state index < -0.39 is 0 Å². The summed E-state index contributed by atoms with van der Waals surface area (Å²) in [6, 6.07) is 3.59. The van der Waals surface area contributed by atoms with Gasteiger partial charge in [0.15, 0.2) is 5.76 Å². The van der Waals surface area contributed by atoms with Gasteiger partial charge in [0.2, 0.25) is 0 Å². The first-order valence-corrected chi connectivity index (χ1v) is 11.9. The second-order valence-electron chi connectivity index (χ2n) is 8.11. The topological polar surface area (TPSA) is 71.8 Å². The van der Waals surface area contributed by atoms with Crippen LogP contribution in [0.1, 0.15) is 82.6 Å². The molecule has 0 bridgehead atoms. The summed E-state index contributed by atoms with van der Waals surface area (Å²) in [7, 11) is 0. The minimum atomic E-state index is -0.336. The first-order chi connectivity index (χ1) is 14.7. The number of piperidine rings is 1. The number of aryl methyl sites for hydroxylation is 1. The van der Waals surface area contributed by atoms with Crippen LogP contribution < -0.4 is 5.32 Å². The van der Waals surface area contributed by atoms with Gasteiger partial charge >= 0.3 is 5.97 Å². The number of carbonyl (C=O) groups excluding carboxylic acids is 2. The van der Waals surface area contributed by atoms with Crippen molar-refractivity contribution in [3.05, 3.63) is 39.7 Å². The van der Waals surface area contributed by atoms with Crippen molar-refractivity contribution in [2.24, 2.45) is 0 Å². The third-order valence-electron chi connectivity index (χ3n) is 5.75. The zero-order valence-electron chi connectivity index (χ0n) is 17.6. The molecular weight excluding hydrogens is 400 g/mol. The second kappa shape index (κ2) is 9.79. The van der Waals surface area contributed by atoms with Crippen molar-refractivity contribution in [3.63, 3.8) is 0 Å². The summed E-state index contributed by atoms with van der Waals surface area (Å²) in [6.45, 7) is 5.24. The van der Waals surface area contributed by atoms with E-state index in [1.807, 2.05) is 13.0 Å². The van der Waals surface area contributed by atoms with Crippen LogP contribution in [-0.4, -0.2) is 36.5 Å². The van der Waals surface area contributed by atoms with Crippen LogP contribution in [0.25, 0.3) is 0 Å². The van der Waals surface area contributed by atoms with Crippen LogP contribution in [0.15, 0.2) is 16.5 Å². The molecule has 1 amide bonds. The minimum Gasteiger partial charge on any atom is -0.462 e. The lowest BCUT2D eigenvalue weighted by molar-refractivity contribution is 0.0505. The maximum Gasteiger partial charge on any atom is 0.341 e. The third kappa shape index (κ3) is 4.78. The first kappa shape index (κ1) is 21.1. The highest BCUT2D eigenvalue weighted by Gasteiger charge is 2.28. The summed E-state index contributed by atoms with van der Waals surface area (Å²) in [5, 5.41) is 3.51. The standard InChI is InChI=1S/C23H30N2O4S/c1-2-14-28-23(27)20-17-8-4-5-9-19(17)30-22(20)24-21(26)18-11-10-16(29-18)15-25-12-6-3-7-13-25/h10-11H,2-9,12-15H2,1H3,(H,24,26). The molecule has 3 heterocycles. The number of furan rings is 1. The van der Waals surface area contributed by atoms with Crippen LogP contribution in [-0.2, 0) is 24.1 Å². The van der Waals surface area contributed by atoms with E-state index >= 15 is 0 Å². The molecule has 1 saturated heterocycles. The highest BCUT2D eigenvalue weighted by atomic mass is 32.1. The Labute approximate surface area is 181 Å². The summed E-state index contributed by atoms with van der Waals surface area (Å²) in [6.07, 6.45) is 8.47. The molecule has 162 valence electrons. The fourth-order valence-corrected chi connectivity index (χ4v) is 5.50. The average molecular weight is 431 g/mol. The van der Waals surface area contributed by atoms with Gasteiger partial charge in [-0.1, -0.05) is 13.3 Å². The number of hydrogen-bond acceptors (Lipinski definition) is 6. The van der Waals surface area contributed by atoms with Gasteiger partial charge in [-0.15, -0.1) is 11.3 Å². The number of likely N-dealkylation sites (tertiary alicyclic amines) is 1. The van der Waals surface area contributed by atoms with Crippen LogP contribution in [0.2, 0.25) is 0 Å². The summed E-state index contributed by atoms with van der Waals surface area (Å²) >= 11 is 1.50. The van der Waals surface area contributed by atoms with Crippen molar-refractivity contribution in [2.45, 2.75) is 64.8 Å². The summed E-state index contributed by atoms with van der Waals surface area (Å²) in [5.74, 6) is 0.427. The molecule has 1 N–H and O–H groups in total. The molecule has 0 unspecified atom stereocenters. The van der Waals surface area contributed by atoms with Gasteiger partial charge in [-0.3, -0.25) is 9.69 Å². The van der Waals surface area contributed by atoms with Crippen molar-refractivity contribution in [2.75, 3.05) is 25.0 Å². The molecule has 0 saturated carbocycles. The zero-order chi connectivity index (χ0) is 20.9. The third-order valence-corrected chi connectivity index (χ3v) is 6.96. The SMILES string of the molecule is CCCOC(=O)c1c(NC(=O)c2ccc(CN3CCCCC3)o2)sc2c1CCCC2. The van der Waals surface area contributed by atoms with Crippen LogP contribution in [0, 0.1) is 0 Å². The number of thiophene rings is 1. The number of rotatable bonds is 7. The van der Waals surface area contributed by atoms with Gasteiger partial charge in [-0.05, 0) is 75.7 Å². The van der Waals surface area contributed by atoms with E-state index in [1.165, 1.54) is 35.5 Å². The Kier molecular flexibility index (Phi) is 6.89. The molecular formula is C23H30N2O4S. The normalized spacial score (nSPS) is 16.8. The molecule has 4 rings (SSSR count). The average Bonchev–Trinajstić information content (AvgIpc) is 3.37. The van der Waals surface area contributed by atoms with Gasteiger partial charge in [0, 0.05) is 4.88 Å². The fourth-order valence-electron chi connectivity index (χ4n) is 4.22. The minimum absolute atomic E-state index is 0.279. The van der Waals surface area contributed by atoms with E-state index in [2.05, 4.69) is 10.2 Å². The Bertz CT molecular complexity index is 895. The molecule has 2 aromatic rings. The Balaban J connectivity index is 1.49. The molecule has 6 nitrogen and oxygen atoms in total. The second-order valence-corrected chi connectivity index (χ2v) is 9.21. The van der Waals surface area contributed by atoms with Crippen LogP contribution >= 0.6 is 11.3 Å². The van der Waals surface area contributed by atoms with Gasteiger partial charge in [-0.25, -0.2) is 4.79 Å². The Morgan fingerprint density at radius 3 is 2.73 bits per heavy atom. The number of nitrogens with zero attached hydrogens (tertiary/aromatic N) is 1. The number of nitrogens with one attached hydrogen (secondary N) is 1. The van der Waals surface area contributed by atoms with E-state index in [9.17, 15) is 9.59 Å². The number of esters is 1. The molecule has 7 heteroatoms. The maximum atomic E-state index is 12.9. The van der Waals surface area contributed by atoms with E-state index in [0.29, 0.717) is 17.2 Å². The molecule has 1 aliphatic carbocycles. The predicted molar refractivity (Wildman–Crippen MR) is 117 cm³/mol. The van der Waals surface area contributed by atoms with Crippen molar-refractivity contribution in [1.82, 2.24) is 4.90 Å². The van der Waals surface area contributed by atoms with Gasteiger partial charge in [0.05, 0.1) is 18.7 Å². The van der Waals surface area contributed by atoms with E-state index in [1.54, 1.807) is 6.07 Å². The van der Waals surface area contributed by atoms with Crippen molar-refractivity contribution in [3.8, 4) is 0 Å². The summed E-state index contributed by atoms with van der Waals surface area (Å²) in [4.78, 5) is 29.1. The Hall–Kier alpha value is -2.12. The number of amides is 1. The largest absolute Gasteiger partial charge is 0.462 e. The summed E-state index contributed by atoms with van der Waals surface area (Å²) < 4.78 is 11.2. The van der Waals surface area contributed by atoms with E-state index in [-0.39, 0.29) is 17.6 Å². The monoisotopic (exact) mass is 430 g/mol. The lowest BCUT2D eigenvalue weighted by Crippen LogP contribution is -2.28. The van der Waals surface area contributed by atoms with Crippen molar-refractivity contribution >= 4 is 28.2 Å². The van der Waals surface area contributed by atoms with Crippen LogP contribution in [0.3, 0.4) is 0 Å². The molecule has 0 aromatic carbocycles. The highest BCUT2D eigenvalue weighted by molar-refractivity contribution is 7.17. The van der Waals surface area contributed by atoms with E-state index in [4.69, 9.17) is 9.15 Å². The Morgan fingerprint density at radius 2 is 1.93 bits per heavy atom. The zero-order valence-corrected chi connectivity index (χ0v) is 18.4.